The number of benzene rings is 1. The number of nitrogens with one attached hydrogen (secondary N) is 1. The molecule has 1 rings (SSSR count). The second-order valence-corrected chi connectivity index (χ2v) is 2.94. The minimum atomic E-state index is 0.0416. The van der Waals surface area contributed by atoms with Crippen LogP contribution in [0.25, 0.3) is 0 Å². The summed E-state index contributed by atoms with van der Waals surface area (Å²) in [6.07, 6.45) is 0.635. The van der Waals surface area contributed by atoms with E-state index in [0.29, 0.717) is 18.5 Å². The Balaban J connectivity index is 2.73. The van der Waals surface area contributed by atoms with E-state index in [0.717, 1.165) is 5.56 Å². The van der Waals surface area contributed by atoms with E-state index in [9.17, 15) is 4.79 Å². The van der Waals surface area contributed by atoms with E-state index in [1.54, 1.807) is 24.3 Å². The zero-order valence-corrected chi connectivity index (χ0v) is 8.03. The minimum absolute atomic E-state index is 0.0416. The molecule has 4 nitrogen and oxygen atoms in total. The van der Waals surface area contributed by atoms with Crippen LogP contribution in [-0.2, 0) is 11.3 Å². The lowest BCUT2D eigenvalue weighted by atomic mass is 10.1. The molecule has 0 unspecified atom stereocenters. The van der Waals surface area contributed by atoms with Gasteiger partial charge in [-0.2, -0.15) is 0 Å². The molecule has 1 aromatic carbocycles. The molecule has 0 spiro atoms. The normalized spacial score (nSPS) is 11.1. The van der Waals surface area contributed by atoms with Crippen molar-refractivity contribution in [1.82, 2.24) is 5.32 Å². The Morgan fingerprint density at radius 2 is 2.14 bits per heavy atom. The second kappa shape index (κ2) is 5.24. The molecule has 1 aromatic rings. The first-order valence-corrected chi connectivity index (χ1v) is 4.29. The van der Waals surface area contributed by atoms with E-state index in [4.69, 9.17) is 16.8 Å². The molecule has 14 heavy (non-hydrogen) atoms. The highest BCUT2D eigenvalue weighted by atomic mass is 35.5. The minimum Gasteiger partial charge on any atom is -0.410 e. The number of rotatable bonds is 4. The molecule has 0 atom stereocenters. The molecular formula is C9H9ClN2O2. The first-order chi connectivity index (χ1) is 6.77. The van der Waals surface area contributed by atoms with Crippen LogP contribution in [-0.4, -0.2) is 16.8 Å². The van der Waals surface area contributed by atoms with Gasteiger partial charge in [0.15, 0.2) is 5.17 Å². The van der Waals surface area contributed by atoms with Crippen molar-refractivity contribution < 1.29 is 10.0 Å². The van der Waals surface area contributed by atoms with Crippen LogP contribution in [0.15, 0.2) is 29.4 Å². The molecule has 1 amide bonds. The van der Waals surface area contributed by atoms with Gasteiger partial charge in [0.1, 0.15) is 0 Å². The summed E-state index contributed by atoms with van der Waals surface area (Å²) in [5.74, 6) is 0. The number of nitrogens with zero attached hydrogens (tertiary/aromatic N) is 1. The Hall–Kier alpha value is -1.55. The molecule has 0 aromatic heterocycles. The van der Waals surface area contributed by atoms with Crippen LogP contribution >= 0.6 is 11.6 Å². The van der Waals surface area contributed by atoms with Crippen LogP contribution in [0.4, 0.5) is 0 Å². The number of halogens is 1. The van der Waals surface area contributed by atoms with Gasteiger partial charge < -0.3 is 10.5 Å². The number of carbonyl (C=O) groups excluding carboxylic acids is 1. The average Bonchev–Trinajstić information content (AvgIpc) is 2.26. The van der Waals surface area contributed by atoms with Crippen LogP contribution in [0.1, 0.15) is 11.1 Å². The SMILES string of the molecule is O=CNCc1ccc(C(Cl)=NO)cc1. The zero-order chi connectivity index (χ0) is 10.4. The third-order valence-electron chi connectivity index (χ3n) is 1.67. The van der Waals surface area contributed by atoms with Crippen molar-refractivity contribution in [1.29, 1.82) is 0 Å². The van der Waals surface area contributed by atoms with Crippen molar-refractivity contribution in [2.45, 2.75) is 6.54 Å². The van der Waals surface area contributed by atoms with Crippen LogP contribution in [0.3, 0.4) is 0 Å². The molecule has 74 valence electrons. The van der Waals surface area contributed by atoms with E-state index in [1.165, 1.54) is 0 Å². The van der Waals surface area contributed by atoms with Gasteiger partial charge in [0.2, 0.25) is 6.41 Å². The van der Waals surface area contributed by atoms with Gasteiger partial charge >= 0.3 is 0 Å². The summed E-state index contributed by atoms with van der Waals surface area (Å²) in [6.45, 7) is 0.470. The molecule has 0 saturated heterocycles. The predicted octanol–water partition coefficient (Wildman–Crippen LogP) is 1.31. The summed E-state index contributed by atoms with van der Waals surface area (Å²) < 4.78 is 0. The fourth-order valence-corrected chi connectivity index (χ4v) is 1.10. The summed E-state index contributed by atoms with van der Waals surface area (Å²) >= 11 is 5.58. The van der Waals surface area contributed by atoms with E-state index in [-0.39, 0.29) is 5.17 Å². The molecule has 0 saturated carbocycles. The Bertz CT molecular complexity index is 335. The third-order valence-corrected chi connectivity index (χ3v) is 1.96. The van der Waals surface area contributed by atoms with Gasteiger partial charge in [0.05, 0.1) is 0 Å². The maximum Gasteiger partial charge on any atom is 0.207 e. The first kappa shape index (κ1) is 10.5. The van der Waals surface area contributed by atoms with Gasteiger partial charge in [-0.15, -0.1) is 0 Å². The molecular weight excluding hydrogens is 204 g/mol. The van der Waals surface area contributed by atoms with Crippen molar-refractivity contribution in [3.63, 3.8) is 0 Å². The second-order valence-electron chi connectivity index (χ2n) is 2.59. The fraction of sp³-hybridized carbons (Fsp3) is 0.111. The van der Waals surface area contributed by atoms with E-state index in [2.05, 4.69) is 10.5 Å². The Kier molecular flexibility index (Phi) is 3.94. The number of hydrogen-bond donors (Lipinski definition) is 2. The smallest absolute Gasteiger partial charge is 0.207 e. The fourth-order valence-electron chi connectivity index (χ4n) is 0.977. The van der Waals surface area contributed by atoms with Gasteiger partial charge in [-0.25, -0.2) is 0 Å². The topological polar surface area (TPSA) is 61.7 Å². The molecule has 2 N–H and O–H groups in total. The van der Waals surface area contributed by atoms with Gasteiger partial charge in [-0.05, 0) is 5.56 Å². The largest absolute Gasteiger partial charge is 0.410 e. The molecule has 0 aliphatic carbocycles. The molecule has 0 bridgehead atoms. The molecule has 0 aliphatic rings. The molecule has 0 aliphatic heterocycles. The Morgan fingerprint density at radius 3 is 2.64 bits per heavy atom. The highest BCUT2D eigenvalue weighted by molar-refractivity contribution is 6.69. The summed E-state index contributed by atoms with van der Waals surface area (Å²) in [6, 6.07) is 7.01. The summed E-state index contributed by atoms with van der Waals surface area (Å²) in [5, 5.41) is 13.8. The monoisotopic (exact) mass is 212 g/mol. The summed E-state index contributed by atoms with van der Waals surface area (Å²) in [5.41, 5.74) is 1.58. The number of hydrogen-bond acceptors (Lipinski definition) is 3. The predicted molar refractivity (Wildman–Crippen MR) is 53.5 cm³/mol. The zero-order valence-electron chi connectivity index (χ0n) is 7.27. The van der Waals surface area contributed by atoms with Crippen LogP contribution in [0.2, 0.25) is 0 Å². The van der Waals surface area contributed by atoms with Crippen molar-refractivity contribution in [2.75, 3.05) is 0 Å². The van der Waals surface area contributed by atoms with Crippen LogP contribution < -0.4 is 5.32 Å². The number of carbonyl (C=O) groups is 1. The summed E-state index contributed by atoms with van der Waals surface area (Å²) in [4.78, 5) is 10.0. The van der Waals surface area contributed by atoms with Crippen molar-refractivity contribution in [2.24, 2.45) is 5.16 Å². The standard InChI is InChI=1S/C9H9ClN2O2/c10-9(12-14)8-3-1-7(2-4-8)5-11-6-13/h1-4,6,14H,5H2,(H,11,13). The third kappa shape index (κ3) is 2.74. The lowest BCUT2D eigenvalue weighted by molar-refractivity contribution is -0.109. The summed E-state index contributed by atoms with van der Waals surface area (Å²) in [7, 11) is 0. The van der Waals surface area contributed by atoms with E-state index in [1.807, 2.05) is 0 Å². The van der Waals surface area contributed by atoms with Crippen LogP contribution in [0, 0.1) is 0 Å². The van der Waals surface area contributed by atoms with Crippen LogP contribution in [0.5, 0.6) is 0 Å². The molecule has 0 fully saturated rings. The van der Waals surface area contributed by atoms with Crippen molar-refractivity contribution in [3.8, 4) is 0 Å². The quantitative estimate of drug-likeness (QED) is 0.342. The molecule has 0 radical (unpaired) electrons. The lowest BCUT2D eigenvalue weighted by Crippen LogP contribution is -2.09. The maximum atomic E-state index is 10.0. The number of amides is 1. The molecule has 0 heterocycles. The Morgan fingerprint density at radius 1 is 1.50 bits per heavy atom. The van der Waals surface area contributed by atoms with Gasteiger partial charge in [-0.3, -0.25) is 4.79 Å². The van der Waals surface area contributed by atoms with Crippen molar-refractivity contribution >= 4 is 23.2 Å². The molecule has 5 heteroatoms. The van der Waals surface area contributed by atoms with E-state index >= 15 is 0 Å². The first-order valence-electron chi connectivity index (χ1n) is 3.92. The Labute approximate surface area is 86.2 Å². The highest BCUT2D eigenvalue weighted by Gasteiger charge is 1.99. The average molecular weight is 213 g/mol. The van der Waals surface area contributed by atoms with Gasteiger partial charge in [0, 0.05) is 12.1 Å². The number of oxime groups is 1. The lowest BCUT2D eigenvalue weighted by Gasteiger charge is -2.00. The maximum absolute atomic E-state index is 10.0. The highest BCUT2D eigenvalue weighted by Crippen LogP contribution is 2.07. The van der Waals surface area contributed by atoms with Gasteiger partial charge in [-0.1, -0.05) is 41.0 Å². The van der Waals surface area contributed by atoms with E-state index < -0.39 is 0 Å². The van der Waals surface area contributed by atoms with Gasteiger partial charge in [0.25, 0.3) is 0 Å². The van der Waals surface area contributed by atoms with Crippen molar-refractivity contribution in [3.05, 3.63) is 35.4 Å².